The smallest absolute Gasteiger partial charge is 0.165 e. The van der Waals surface area contributed by atoms with Crippen LogP contribution in [0.3, 0.4) is 0 Å². The zero-order valence-corrected chi connectivity index (χ0v) is 14.3. The lowest BCUT2D eigenvalue weighted by molar-refractivity contribution is 0.275. The fraction of sp³-hybridized carbons (Fsp3) is 0.571. The van der Waals surface area contributed by atoms with E-state index in [0.29, 0.717) is 36.5 Å². The van der Waals surface area contributed by atoms with E-state index in [0.717, 1.165) is 5.56 Å². The van der Waals surface area contributed by atoms with E-state index in [2.05, 4.69) is 15.9 Å². The summed E-state index contributed by atoms with van der Waals surface area (Å²) in [5, 5.41) is 0.663. The highest BCUT2D eigenvalue weighted by Gasteiger charge is 2.11. The van der Waals surface area contributed by atoms with Gasteiger partial charge in [0.15, 0.2) is 11.5 Å². The van der Waals surface area contributed by atoms with E-state index in [1.165, 1.54) is 0 Å². The van der Waals surface area contributed by atoms with Crippen molar-refractivity contribution >= 4 is 25.8 Å². The van der Waals surface area contributed by atoms with Gasteiger partial charge in [-0.25, -0.2) is 8.42 Å². The van der Waals surface area contributed by atoms with Crippen molar-refractivity contribution in [2.75, 3.05) is 24.7 Å². The van der Waals surface area contributed by atoms with E-state index in [4.69, 9.17) is 9.47 Å². The van der Waals surface area contributed by atoms with Crippen molar-refractivity contribution in [1.82, 2.24) is 0 Å². The third kappa shape index (κ3) is 5.32. The molecule has 0 saturated heterocycles. The van der Waals surface area contributed by atoms with E-state index in [-0.39, 0.29) is 11.5 Å². The van der Waals surface area contributed by atoms with Gasteiger partial charge in [0.1, 0.15) is 9.84 Å². The van der Waals surface area contributed by atoms with Crippen LogP contribution < -0.4 is 9.47 Å². The topological polar surface area (TPSA) is 52.6 Å². The van der Waals surface area contributed by atoms with Crippen LogP contribution in [0.15, 0.2) is 18.2 Å². The summed E-state index contributed by atoms with van der Waals surface area (Å²) in [7, 11) is -2.93. The summed E-state index contributed by atoms with van der Waals surface area (Å²) in [5.41, 5.74) is 0.995. The van der Waals surface area contributed by atoms with Crippen LogP contribution in [0.5, 0.6) is 11.5 Å². The van der Waals surface area contributed by atoms with Crippen LogP contribution in [-0.2, 0) is 15.2 Å². The molecular formula is C14H21BrO4S. The van der Waals surface area contributed by atoms with Gasteiger partial charge in [0.05, 0.1) is 19.0 Å². The Labute approximate surface area is 129 Å². The average Bonchev–Trinajstić information content (AvgIpc) is 2.45. The van der Waals surface area contributed by atoms with Gasteiger partial charge in [-0.1, -0.05) is 35.0 Å². The predicted molar refractivity (Wildman–Crippen MR) is 84.7 cm³/mol. The molecule has 0 aliphatic carbocycles. The monoisotopic (exact) mass is 364 g/mol. The first kappa shape index (κ1) is 17.3. The van der Waals surface area contributed by atoms with E-state index < -0.39 is 9.84 Å². The zero-order valence-electron chi connectivity index (χ0n) is 11.9. The summed E-state index contributed by atoms with van der Waals surface area (Å²) in [6, 6.07) is 5.72. The van der Waals surface area contributed by atoms with Crippen LogP contribution >= 0.6 is 15.9 Å². The molecule has 20 heavy (non-hydrogen) atoms. The largest absolute Gasteiger partial charge is 0.490 e. The molecular weight excluding hydrogens is 344 g/mol. The molecule has 0 aromatic heterocycles. The Morgan fingerprint density at radius 1 is 1.20 bits per heavy atom. The summed E-state index contributed by atoms with van der Waals surface area (Å²) in [6.45, 7) is 4.50. The second kappa shape index (κ2) is 8.52. The molecule has 0 aliphatic heterocycles. The molecule has 0 N–H and O–H groups in total. The maximum absolute atomic E-state index is 11.4. The first-order valence-electron chi connectivity index (χ1n) is 6.68. The highest BCUT2D eigenvalue weighted by molar-refractivity contribution is 9.08. The van der Waals surface area contributed by atoms with Gasteiger partial charge >= 0.3 is 0 Å². The molecule has 0 saturated carbocycles. The molecule has 4 nitrogen and oxygen atoms in total. The molecule has 1 aromatic carbocycles. The van der Waals surface area contributed by atoms with Gasteiger partial charge in [-0.05, 0) is 19.4 Å². The fourth-order valence-electron chi connectivity index (χ4n) is 1.70. The van der Waals surface area contributed by atoms with Crippen molar-refractivity contribution in [1.29, 1.82) is 0 Å². The highest BCUT2D eigenvalue weighted by atomic mass is 79.9. The summed E-state index contributed by atoms with van der Waals surface area (Å²) in [6.07, 6.45) is 0.484. The van der Waals surface area contributed by atoms with Gasteiger partial charge in [0.2, 0.25) is 0 Å². The van der Waals surface area contributed by atoms with Crippen LogP contribution in [-0.4, -0.2) is 33.1 Å². The van der Waals surface area contributed by atoms with E-state index in [1.54, 1.807) is 6.92 Å². The number of ether oxygens (including phenoxy) is 2. The molecule has 0 bridgehead atoms. The second-order valence-corrected chi connectivity index (χ2v) is 7.28. The summed E-state index contributed by atoms with van der Waals surface area (Å²) in [4.78, 5) is 0. The lowest BCUT2D eigenvalue weighted by Crippen LogP contribution is -2.12. The minimum Gasteiger partial charge on any atom is -0.490 e. The predicted octanol–water partition coefficient (Wildman–Crippen LogP) is 3.18. The number of alkyl halides is 1. The Morgan fingerprint density at radius 2 is 1.95 bits per heavy atom. The first-order chi connectivity index (χ1) is 9.54. The molecule has 0 aliphatic rings. The summed E-state index contributed by atoms with van der Waals surface area (Å²) >= 11 is 3.41. The Morgan fingerprint density at radius 3 is 2.55 bits per heavy atom. The Bertz CT molecular complexity index is 514. The standard InChI is InChI=1S/C14H21BrO4S/c1-3-18-13-8-5-7-12(11-15)14(13)19-9-6-10-20(16,17)4-2/h5,7-8H,3-4,6,9-11H2,1-2H3. The quantitative estimate of drug-likeness (QED) is 0.498. The summed E-state index contributed by atoms with van der Waals surface area (Å²) in [5.74, 6) is 1.72. The number of para-hydroxylation sites is 1. The molecule has 6 heteroatoms. The van der Waals surface area contributed by atoms with Crippen molar-refractivity contribution in [3.05, 3.63) is 23.8 Å². The van der Waals surface area contributed by atoms with Crippen molar-refractivity contribution < 1.29 is 17.9 Å². The fourth-order valence-corrected chi connectivity index (χ4v) is 2.98. The Kier molecular flexibility index (Phi) is 7.37. The zero-order chi connectivity index (χ0) is 15.0. The number of sulfone groups is 1. The maximum Gasteiger partial charge on any atom is 0.165 e. The second-order valence-electron chi connectivity index (χ2n) is 4.25. The molecule has 114 valence electrons. The highest BCUT2D eigenvalue weighted by Crippen LogP contribution is 2.32. The number of benzene rings is 1. The van der Waals surface area contributed by atoms with Crippen molar-refractivity contribution in [3.63, 3.8) is 0 Å². The average molecular weight is 365 g/mol. The van der Waals surface area contributed by atoms with Gasteiger partial charge < -0.3 is 9.47 Å². The van der Waals surface area contributed by atoms with Gasteiger partial charge in [-0.2, -0.15) is 0 Å². The molecule has 0 fully saturated rings. The number of halogens is 1. The molecule has 0 heterocycles. The molecule has 0 radical (unpaired) electrons. The maximum atomic E-state index is 11.4. The van der Waals surface area contributed by atoms with Gasteiger partial charge in [-0.15, -0.1) is 0 Å². The number of rotatable bonds is 9. The third-order valence-corrected chi connectivity index (χ3v) is 5.18. The van der Waals surface area contributed by atoms with Crippen molar-refractivity contribution in [3.8, 4) is 11.5 Å². The van der Waals surface area contributed by atoms with Gasteiger partial charge in [0, 0.05) is 16.6 Å². The van der Waals surface area contributed by atoms with Crippen LogP contribution in [0.1, 0.15) is 25.8 Å². The summed E-state index contributed by atoms with van der Waals surface area (Å²) < 4.78 is 34.1. The van der Waals surface area contributed by atoms with Crippen molar-refractivity contribution in [2.24, 2.45) is 0 Å². The van der Waals surface area contributed by atoms with Gasteiger partial charge in [-0.3, -0.25) is 0 Å². The normalized spacial score (nSPS) is 11.3. The van der Waals surface area contributed by atoms with E-state index in [9.17, 15) is 8.42 Å². The molecule has 0 amide bonds. The lowest BCUT2D eigenvalue weighted by Gasteiger charge is -2.14. The molecule has 0 spiro atoms. The molecule has 1 rings (SSSR count). The minimum atomic E-state index is -2.93. The number of hydrogen-bond donors (Lipinski definition) is 0. The van der Waals surface area contributed by atoms with E-state index in [1.807, 2.05) is 25.1 Å². The Hall–Kier alpha value is -0.750. The van der Waals surface area contributed by atoms with Crippen LogP contribution in [0.4, 0.5) is 0 Å². The lowest BCUT2D eigenvalue weighted by atomic mass is 10.2. The van der Waals surface area contributed by atoms with E-state index >= 15 is 0 Å². The van der Waals surface area contributed by atoms with Crippen molar-refractivity contribution in [2.45, 2.75) is 25.6 Å². The molecule has 0 unspecified atom stereocenters. The SMILES string of the molecule is CCOc1cccc(CBr)c1OCCCS(=O)(=O)CC. The molecule has 0 atom stereocenters. The van der Waals surface area contributed by atoms with Crippen LogP contribution in [0, 0.1) is 0 Å². The Balaban J connectivity index is 2.66. The third-order valence-electron chi connectivity index (χ3n) is 2.79. The molecule has 1 aromatic rings. The van der Waals surface area contributed by atoms with Crippen LogP contribution in [0.2, 0.25) is 0 Å². The van der Waals surface area contributed by atoms with Crippen LogP contribution in [0.25, 0.3) is 0 Å². The first-order valence-corrected chi connectivity index (χ1v) is 9.62. The van der Waals surface area contributed by atoms with Gasteiger partial charge in [0.25, 0.3) is 0 Å². The number of hydrogen-bond acceptors (Lipinski definition) is 4. The minimum absolute atomic E-state index is 0.157.